The Labute approximate surface area is 244 Å². The molecule has 0 saturated heterocycles. The maximum Gasteiger partial charge on any atom is 0.0368 e. The lowest BCUT2D eigenvalue weighted by molar-refractivity contribution is 1.23. The molecule has 6 aromatic carbocycles. The summed E-state index contributed by atoms with van der Waals surface area (Å²) in [5.41, 5.74) is 2.52. The van der Waals surface area contributed by atoms with Crippen molar-refractivity contribution in [1.29, 1.82) is 0 Å². The summed E-state index contributed by atoms with van der Waals surface area (Å²) in [6.07, 6.45) is 10.8. The lowest BCUT2D eigenvalue weighted by Gasteiger charge is -2.30. The summed E-state index contributed by atoms with van der Waals surface area (Å²) in [5.74, 6) is 0. The predicted molar refractivity (Wildman–Crippen MR) is 185 cm³/mol. The Morgan fingerprint density at radius 1 is 0.439 bits per heavy atom. The van der Waals surface area contributed by atoms with Crippen LogP contribution < -0.4 is 31.8 Å². The maximum absolute atomic E-state index is 5.04. The fourth-order valence-electron chi connectivity index (χ4n) is 5.70. The van der Waals surface area contributed by atoms with Gasteiger partial charge in [0.05, 0.1) is 0 Å². The molecule has 0 heterocycles. The number of benzene rings is 5. The normalized spacial score (nSPS) is 11.5. The SMILES string of the molecule is C=P(c1ccccc1)(c1ccccc1)c1c#cccc1Cc1ccccc1P(=C)(c1ccccc1)c1ccccc1. The monoisotopic (exact) mass is 562 g/mol. The third-order valence-corrected chi connectivity index (χ3v) is 15.0. The van der Waals surface area contributed by atoms with Crippen molar-refractivity contribution in [3.63, 3.8) is 0 Å². The van der Waals surface area contributed by atoms with Gasteiger partial charge in [0.2, 0.25) is 0 Å². The second kappa shape index (κ2) is 11.7. The second-order valence-corrected chi connectivity index (χ2v) is 16.5. The van der Waals surface area contributed by atoms with Crippen molar-refractivity contribution >= 4 is 58.2 Å². The van der Waals surface area contributed by atoms with Gasteiger partial charge in [-0.2, -0.15) is 0 Å². The number of rotatable bonds is 8. The van der Waals surface area contributed by atoms with Crippen molar-refractivity contribution in [1.82, 2.24) is 0 Å². The van der Waals surface area contributed by atoms with Crippen molar-refractivity contribution in [2.24, 2.45) is 0 Å². The smallest absolute Gasteiger partial charge is 0.0368 e. The molecule has 0 radical (unpaired) electrons. The summed E-state index contributed by atoms with van der Waals surface area (Å²) in [6.45, 7) is -4.36. The Kier molecular flexibility index (Phi) is 7.68. The van der Waals surface area contributed by atoms with Crippen LogP contribution in [0.15, 0.2) is 158 Å². The van der Waals surface area contributed by atoms with E-state index >= 15 is 0 Å². The molecule has 6 rings (SSSR count). The van der Waals surface area contributed by atoms with Gasteiger partial charge in [0.25, 0.3) is 0 Å². The first-order valence-corrected chi connectivity index (χ1v) is 17.8. The van der Waals surface area contributed by atoms with Crippen LogP contribution in [-0.4, -0.2) is 12.6 Å². The minimum atomic E-state index is -2.22. The molecular formula is C39H32P2. The molecule has 0 aliphatic heterocycles. The van der Waals surface area contributed by atoms with Gasteiger partial charge in [-0.3, -0.25) is 0 Å². The third-order valence-electron chi connectivity index (χ3n) is 7.82. The molecule has 0 fully saturated rings. The molecule has 0 nitrogen and oxygen atoms in total. The Morgan fingerprint density at radius 2 is 0.854 bits per heavy atom. The van der Waals surface area contributed by atoms with Crippen LogP contribution in [0.25, 0.3) is 0 Å². The molecule has 0 unspecified atom stereocenters. The highest BCUT2D eigenvalue weighted by Gasteiger charge is 2.28. The maximum atomic E-state index is 5.04. The van der Waals surface area contributed by atoms with Crippen molar-refractivity contribution in [3.8, 4) is 0 Å². The van der Waals surface area contributed by atoms with Gasteiger partial charge in [-0.15, -0.1) is 0 Å². The van der Waals surface area contributed by atoms with E-state index in [1.165, 1.54) is 37.6 Å². The van der Waals surface area contributed by atoms with Crippen molar-refractivity contribution in [2.75, 3.05) is 0 Å². The second-order valence-electron chi connectivity index (χ2n) is 10.2. The van der Waals surface area contributed by atoms with E-state index in [9.17, 15) is 0 Å². The van der Waals surface area contributed by atoms with Crippen LogP contribution in [0.1, 0.15) is 11.1 Å². The molecule has 0 aliphatic rings. The highest BCUT2D eigenvalue weighted by atomic mass is 31.2. The number of hydrogen-bond donors (Lipinski definition) is 0. The first kappa shape index (κ1) is 26.9. The highest BCUT2D eigenvalue weighted by Crippen LogP contribution is 2.45. The van der Waals surface area contributed by atoms with Gasteiger partial charge in [-0.05, 0) is 70.0 Å². The molecule has 0 amide bonds. The first-order valence-electron chi connectivity index (χ1n) is 13.8. The van der Waals surface area contributed by atoms with Gasteiger partial charge in [-0.25, -0.2) is 0 Å². The molecule has 0 saturated carbocycles. The van der Waals surface area contributed by atoms with Crippen LogP contribution in [0.4, 0.5) is 0 Å². The van der Waals surface area contributed by atoms with E-state index in [-0.39, 0.29) is 0 Å². The lowest BCUT2D eigenvalue weighted by Crippen LogP contribution is -2.30. The summed E-state index contributed by atoms with van der Waals surface area (Å²) >= 11 is 0. The highest BCUT2D eigenvalue weighted by molar-refractivity contribution is 7.94. The van der Waals surface area contributed by atoms with Crippen LogP contribution in [-0.2, 0) is 6.42 Å². The molecular weight excluding hydrogens is 530 g/mol. The molecule has 0 aliphatic carbocycles. The van der Waals surface area contributed by atoms with Crippen LogP contribution >= 0.6 is 13.8 Å². The molecule has 0 bridgehead atoms. The van der Waals surface area contributed by atoms with E-state index in [0.717, 1.165) is 11.7 Å². The largest absolute Gasteiger partial charge is 0.0887 e. The van der Waals surface area contributed by atoms with Gasteiger partial charge in [-0.1, -0.05) is 170 Å². The van der Waals surface area contributed by atoms with Gasteiger partial charge in [0.15, 0.2) is 0 Å². The average molecular weight is 563 g/mol. The van der Waals surface area contributed by atoms with E-state index in [1.807, 2.05) is 6.07 Å². The van der Waals surface area contributed by atoms with E-state index in [0.29, 0.717) is 0 Å². The van der Waals surface area contributed by atoms with E-state index < -0.39 is 13.8 Å². The van der Waals surface area contributed by atoms with E-state index in [1.54, 1.807) is 0 Å². The van der Waals surface area contributed by atoms with Gasteiger partial charge in [0, 0.05) is 5.30 Å². The Hall–Kier alpha value is -4.26. The minimum Gasteiger partial charge on any atom is -0.0887 e. The fraction of sp³-hybridized carbons (Fsp3) is 0.0256. The van der Waals surface area contributed by atoms with E-state index in [4.69, 9.17) is 12.6 Å². The molecule has 6 aromatic rings. The average Bonchev–Trinajstić information content (AvgIpc) is 3.06. The third kappa shape index (κ3) is 5.05. The van der Waals surface area contributed by atoms with Crippen molar-refractivity contribution in [3.05, 3.63) is 181 Å². The zero-order chi connectivity index (χ0) is 28.1. The van der Waals surface area contributed by atoms with Crippen LogP contribution in [0.5, 0.6) is 0 Å². The molecule has 198 valence electrons. The van der Waals surface area contributed by atoms with Crippen molar-refractivity contribution in [2.45, 2.75) is 6.42 Å². The summed E-state index contributed by atoms with van der Waals surface area (Å²) < 4.78 is 0. The Bertz CT molecular complexity index is 1610. The first-order chi connectivity index (χ1) is 20.1. The van der Waals surface area contributed by atoms with Gasteiger partial charge < -0.3 is 0 Å². The summed E-state index contributed by atoms with van der Waals surface area (Å²) in [7, 11) is 0. The standard InChI is InChI=1S/C39H32P2/c1-40(34-21-7-3-8-22-34,35-23-9-4-10-24-35)38-29-17-15-19-32(38)31-33-20-16-18-30-39(33)41(2,36-25-11-5-12-26-36)37-27-13-6-14-28-37/h3-17,19-29H,1-2,31H2. The topological polar surface area (TPSA) is 0 Å². The summed E-state index contributed by atoms with van der Waals surface area (Å²) in [5, 5.41) is 7.50. The van der Waals surface area contributed by atoms with Gasteiger partial charge in [0.1, 0.15) is 0 Å². The van der Waals surface area contributed by atoms with E-state index in [2.05, 4.69) is 164 Å². The predicted octanol–water partition coefficient (Wildman–Crippen LogP) is 6.33. The molecule has 0 N–H and O–H groups in total. The number of hydrogen-bond acceptors (Lipinski definition) is 0. The Morgan fingerprint density at radius 3 is 1.34 bits per heavy atom. The molecule has 2 heteroatoms. The fourth-order valence-corrected chi connectivity index (χ4v) is 12.0. The zero-order valence-corrected chi connectivity index (χ0v) is 24.8. The quantitative estimate of drug-likeness (QED) is 0.190. The molecule has 41 heavy (non-hydrogen) atoms. The van der Waals surface area contributed by atoms with Crippen LogP contribution in [0.2, 0.25) is 0 Å². The summed E-state index contributed by atoms with van der Waals surface area (Å²) in [6, 6.07) is 63.0. The lowest BCUT2D eigenvalue weighted by atomic mass is 10.1. The van der Waals surface area contributed by atoms with Crippen LogP contribution in [0.3, 0.4) is 0 Å². The minimum absolute atomic E-state index is 0.768. The van der Waals surface area contributed by atoms with Crippen LogP contribution in [0, 0.1) is 12.1 Å². The zero-order valence-electron chi connectivity index (χ0n) is 23.0. The van der Waals surface area contributed by atoms with Gasteiger partial charge >= 0.3 is 0 Å². The van der Waals surface area contributed by atoms with Crippen molar-refractivity contribution < 1.29 is 0 Å². The molecule has 0 aromatic heterocycles. The molecule has 0 spiro atoms. The summed E-state index contributed by atoms with van der Waals surface area (Å²) in [4.78, 5) is 0. The Balaban J connectivity index is 1.54. The molecule has 0 atom stereocenters.